The molecule has 0 aliphatic heterocycles. The zero-order valence-corrected chi connectivity index (χ0v) is 46.7. The van der Waals surface area contributed by atoms with Gasteiger partial charge in [-0.05, 0) is 77.0 Å². The van der Waals surface area contributed by atoms with Gasteiger partial charge >= 0.3 is 17.9 Å². The molecule has 0 amide bonds. The highest BCUT2D eigenvalue weighted by Gasteiger charge is 2.19. The topological polar surface area (TPSA) is 78.9 Å². The lowest BCUT2D eigenvalue weighted by atomic mass is 10.0. The Morgan fingerprint density at radius 2 is 0.549 bits per heavy atom. The first-order valence-electron chi connectivity index (χ1n) is 30.1. The molecule has 0 aromatic carbocycles. The second-order valence-corrected chi connectivity index (χ2v) is 19.9. The Bertz CT molecular complexity index is 1370. The van der Waals surface area contributed by atoms with Crippen LogP contribution in [0.2, 0.25) is 0 Å². The standard InChI is InChI=1S/C65H112O6/c1-4-7-10-13-16-19-21-23-25-26-27-28-29-30-31-32-33-34-35-36-37-38-39-40-41-43-44-46-49-52-55-58-64(67)70-61-62(60-69-63(66)57-54-51-48-18-15-12-9-6-3)71-65(68)59-56-53-50-47-45-42-24-22-20-17-14-11-8-5-2/h7,10,16,19,23,25,27-28,30-31,33-34,36-37,62H,4-6,8-9,11-15,17-18,20-22,24,26,29,32,35,38-61H2,1-3H3/b10-7-,19-16-,25-23-,28-27-,31-30-,34-33-,37-36-. The average molecular weight is 990 g/mol. The van der Waals surface area contributed by atoms with Crippen LogP contribution in [0, 0.1) is 0 Å². The molecule has 0 heterocycles. The van der Waals surface area contributed by atoms with Gasteiger partial charge in [-0.25, -0.2) is 0 Å². The molecule has 0 spiro atoms. The van der Waals surface area contributed by atoms with E-state index >= 15 is 0 Å². The summed E-state index contributed by atoms with van der Waals surface area (Å²) in [6, 6.07) is 0. The van der Waals surface area contributed by atoms with E-state index in [0.29, 0.717) is 19.3 Å². The Balaban J connectivity index is 4.14. The van der Waals surface area contributed by atoms with Crippen molar-refractivity contribution in [2.24, 2.45) is 0 Å². The minimum atomic E-state index is -0.773. The van der Waals surface area contributed by atoms with Gasteiger partial charge in [-0.1, -0.05) is 279 Å². The molecular weight excluding hydrogens is 877 g/mol. The number of carbonyl (C=O) groups is 3. The van der Waals surface area contributed by atoms with E-state index in [1.165, 1.54) is 141 Å². The molecule has 0 aromatic heterocycles. The van der Waals surface area contributed by atoms with Crippen LogP contribution in [0.3, 0.4) is 0 Å². The second kappa shape index (κ2) is 59.2. The zero-order chi connectivity index (χ0) is 51.4. The largest absolute Gasteiger partial charge is 0.462 e. The summed E-state index contributed by atoms with van der Waals surface area (Å²) < 4.78 is 16.8. The first-order chi connectivity index (χ1) is 35.0. The molecule has 0 bridgehead atoms. The van der Waals surface area contributed by atoms with E-state index in [1.807, 2.05) is 0 Å². The predicted molar refractivity (Wildman–Crippen MR) is 307 cm³/mol. The molecule has 6 heteroatoms. The Hall–Kier alpha value is -3.41. The van der Waals surface area contributed by atoms with Crippen LogP contribution in [0.15, 0.2) is 85.1 Å². The molecule has 1 atom stereocenters. The Labute approximate surface area is 439 Å². The molecule has 408 valence electrons. The van der Waals surface area contributed by atoms with E-state index < -0.39 is 6.10 Å². The van der Waals surface area contributed by atoms with Crippen LogP contribution in [0.4, 0.5) is 0 Å². The molecule has 1 unspecified atom stereocenters. The molecule has 0 saturated heterocycles. The Morgan fingerprint density at radius 1 is 0.296 bits per heavy atom. The zero-order valence-electron chi connectivity index (χ0n) is 46.7. The van der Waals surface area contributed by atoms with Crippen LogP contribution in [0.1, 0.15) is 290 Å². The molecule has 0 N–H and O–H groups in total. The van der Waals surface area contributed by atoms with Gasteiger partial charge in [0.1, 0.15) is 13.2 Å². The fourth-order valence-electron chi connectivity index (χ4n) is 8.42. The number of ether oxygens (including phenoxy) is 3. The van der Waals surface area contributed by atoms with Gasteiger partial charge in [0.05, 0.1) is 0 Å². The van der Waals surface area contributed by atoms with Crippen LogP contribution in [0.25, 0.3) is 0 Å². The van der Waals surface area contributed by atoms with Crippen molar-refractivity contribution < 1.29 is 28.6 Å². The highest BCUT2D eigenvalue weighted by molar-refractivity contribution is 5.71. The van der Waals surface area contributed by atoms with Crippen molar-refractivity contribution in [2.45, 2.75) is 297 Å². The quantitative estimate of drug-likeness (QED) is 0.0261. The summed E-state index contributed by atoms with van der Waals surface area (Å²) in [5.74, 6) is -0.876. The number of allylic oxidation sites excluding steroid dienone is 14. The third kappa shape index (κ3) is 57.4. The molecule has 0 rings (SSSR count). The number of rotatable bonds is 54. The fourth-order valence-corrected chi connectivity index (χ4v) is 8.42. The van der Waals surface area contributed by atoms with Crippen molar-refractivity contribution >= 4 is 17.9 Å². The minimum Gasteiger partial charge on any atom is -0.462 e. The van der Waals surface area contributed by atoms with E-state index in [-0.39, 0.29) is 31.1 Å². The van der Waals surface area contributed by atoms with Gasteiger partial charge in [0, 0.05) is 19.3 Å². The Kier molecular flexibility index (Phi) is 56.3. The molecular formula is C65H112O6. The van der Waals surface area contributed by atoms with E-state index in [4.69, 9.17) is 14.2 Å². The molecule has 0 aromatic rings. The van der Waals surface area contributed by atoms with Gasteiger partial charge in [-0.2, -0.15) is 0 Å². The monoisotopic (exact) mass is 989 g/mol. The van der Waals surface area contributed by atoms with E-state index in [0.717, 1.165) is 109 Å². The molecule has 0 radical (unpaired) electrons. The predicted octanol–water partition coefficient (Wildman–Crippen LogP) is 20.3. The maximum Gasteiger partial charge on any atom is 0.306 e. The maximum atomic E-state index is 12.8. The average Bonchev–Trinajstić information content (AvgIpc) is 3.37. The van der Waals surface area contributed by atoms with E-state index in [9.17, 15) is 14.4 Å². The first kappa shape index (κ1) is 67.6. The third-order valence-electron chi connectivity index (χ3n) is 12.9. The highest BCUT2D eigenvalue weighted by atomic mass is 16.6. The fraction of sp³-hybridized carbons (Fsp3) is 0.738. The van der Waals surface area contributed by atoms with Crippen LogP contribution >= 0.6 is 0 Å². The van der Waals surface area contributed by atoms with E-state index in [2.05, 4.69) is 106 Å². The smallest absolute Gasteiger partial charge is 0.306 e. The van der Waals surface area contributed by atoms with Crippen molar-refractivity contribution in [3.63, 3.8) is 0 Å². The van der Waals surface area contributed by atoms with Gasteiger partial charge in [0.15, 0.2) is 6.10 Å². The summed E-state index contributed by atoms with van der Waals surface area (Å²) >= 11 is 0. The molecule has 0 saturated carbocycles. The van der Waals surface area contributed by atoms with Gasteiger partial charge in [-0.15, -0.1) is 0 Å². The van der Waals surface area contributed by atoms with Crippen LogP contribution < -0.4 is 0 Å². The lowest BCUT2D eigenvalue weighted by Gasteiger charge is -2.18. The number of hydrogen-bond donors (Lipinski definition) is 0. The first-order valence-corrected chi connectivity index (χ1v) is 30.1. The summed E-state index contributed by atoms with van der Waals surface area (Å²) in [6.07, 6.45) is 77.4. The minimum absolute atomic E-state index is 0.0740. The van der Waals surface area contributed by atoms with Crippen LogP contribution in [-0.4, -0.2) is 37.2 Å². The molecule has 0 aliphatic rings. The summed E-state index contributed by atoms with van der Waals surface area (Å²) in [4.78, 5) is 38.0. The van der Waals surface area contributed by atoms with Crippen LogP contribution in [0.5, 0.6) is 0 Å². The highest BCUT2D eigenvalue weighted by Crippen LogP contribution is 2.16. The van der Waals surface area contributed by atoms with Crippen molar-refractivity contribution in [1.29, 1.82) is 0 Å². The van der Waals surface area contributed by atoms with Gasteiger partial charge in [0.25, 0.3) is 0 Å². The maximum absolute atomic E-state index is 12.8. The van der Waals surface area contributed by atoms with Gasteiger partial charge in [-0.3, -0.25) is 14.4 Å². The molecule has 0 aliphatic carbocycles. The number of carbonyl (C=O) groups excluding carboxylic acids is 3. The number of unbranched alkanes of at least 4 members (excludes halogenated alkanes) is 29. The Morgan fingerprint density at radius 3 is 0.859 bits per heavy atom. The normalized spacial score (nSPS) is 12.7. The van der Waals surface area contributed by atoms with Gasteiger partial charge < -0.3 is 14.2 Å². The van der Waals surface area contributed by atoms with Crippen LogP contribution in [-0.2, 0) is 28.6 Å². The molecule has 0 fully saturated rings. The summed E-state index contributed by atoms with van der Waals surface area (Å²) in [5, 5.41) is 0. The number of hydrogen-bond acceptors (Lipinski definition) is 6. The lowest BCUT2D eigenvalue weighted by molar-refractivity contribution is -0.167. The summed E-state index contributed by atoms with van der Waals surface area (Å²) in [7, 11) is 0. The molecule has 71 heavy (non-hydrogen) atoms. The van der Waals surface area contributed by atoms with Crippen molar-refractivity contribution in [3.05, 3.63) is 85.1 Å². The third-order valence-corrected chi connectivity index (χ3v) is 12.9. The number of esters is 3. The van der Waals surface area contributed by atoms with Gasteiger partial charge in [0.2, 0.25) is 0 Å². The SMILES string of the molecule is CC/C=C\C/C=C\C/C=C\C/C=C\C/C=C\C/C=C\C/C=C\CCCCCCCCCCCC(=O)OCC(COC(=O)CCCCCCCCCC)OC(=O)CCCCCCCCCCCCCCCC. The summed E-state index contributed by atoms with van der Waals surface area (Å²) in [5.41, 5.74) is 0. The molecule has 6 nitrogen and oxygen atoms in total. The van der Waals surface area contributed by atoms with E-state index in [1.54, 1.807) is 0 Å². The van der Waals surface area contributed by atoms with Crippen molar-refractivity contribution in [2.75, 3.05) is 13.2 Å². The summed E-state index contributed by atoms with van der Waals surface area (Å²) in [6.45, 7) is 6.51. The van der Waals surface area contributed by atoms with Crippen molar-refractivity contribution in [1.82, 2.24) is 0 Å². The van der Waals surface area contributed by atoms with Crippen molar-refractivity contribution in [3.8, 4) is 0 Å². The lowest BCUT2D eigenvalue weighted by Crippen LogP contribution is -2.30. The second-order valence-electron chi connectivity index (χ2n) is 19.9.